The van der Waals surface area contributed by atoms with Crippen molar-refractivity contribution in [3.05, 3.63) is 29.6 Å². The van der Waals surface area contributed by atoms with Crippen molar-refractivity contribution in [3.8, 4) is 0 Å². The highest BCUT2D eigenvalue weighted by Crippen LogP contribution is 2.28. The third-order valence-corrected chi connectivity index (χ3v) is 4.75. The molecular weight excluding hydrogens is 240 g/mol. The van der Waals surface area contributed by atoms with Crippen LogP contribution < -0.4 is 10.2 Å². The van der Waals surface area contributed by atoms with Gasteiger partial charge in [-0.05, 0) is 48.4 Å². The van der Waals surface area contributed by atoms with Crippen LogP contribution in [0.4, 0.5) is 5.69 Å². The lowest BCUT2D eigenvalue weighted by atomic mass is 10.1. The van der Waals surface area contributed by atoms with Gasteiger partial charge in [0.15, 0.2) is 0 Å². The molecule has 2 unspecified atom stereocenters. The van der Waals surface area contributed by atoms with Gasteiger partial charge in [0.05, 0.1) is 0 Å². The van der Waals surface area contributed by atoms with E-state index in [2.05, 4.69) is 53.7 Å². The number of hydrogen-bond donors (Lipinski definition) is 1. The van der Waals surface area contributed by atoms with Crippen molar-refractivity contribution < 1.29 is 0 Å². The third kappa shape index (κ3) is 2.13. The molecule has 3 heteroatoms. The fourth-order valence-electron chi connectivity index (χ4n) is 2.77. The van der Waals surface area contributed by atoms with E-state index in [4.69, 9.17) is 0 Å². The fraction of sp³-hybridized carbons (Fsp3) is 0.467. The molecule has 1 fully saturated rings. The van der Waals surface area contributed by atoms with Gasteiger partial charge in [-0.15, -0.1) is 11.3 Å². The molecule has 2 heterocycles. The second kappa shape index (κ2) is 4.90. The SMILES string of the molecule is CCC1CNC(C)CN1c1ccc2sccc2c1. The van der Waals surface area contributed by atoms with Crippen molar-refractivity contribution in [1.82, 2.24) is 5.32 Å². The molecule has 1 aliphatic rings. The Morgan fingerprint density at radius 2 is 2.28 bits per heavy atom. The van der Waals surface area contributed by atoms with E-state index >= 15 is 0 Å². The van der Waals surface area contributed by atoms with E-state index in [9.17, 15) is 0 Å². The average Bonchev–Trinajstić information content (AvgIpc) is 2.85. The Bertz CT molecular complexity index is 534. The first-order valence-corrected chi connectivity index (χ1v) is 7.63. The van der Waals surface area contributed by atoms with Crippen molar-refractivity contribution in [2.75, 3.05) is 18.0 Å². The summed E-state index contributed by atoms with van der Waals surface area (Å²) in [5, 5.41) is 7.12. The van der Waals surface area contributed by atoms with Gasteiger partial charge < -0.3 is 10.2 Å². The molecule has 0 aliphatic carbocycles. The summed E-state index contributed by atoms with van der Waals surface area (Å²) in [5.74, 6) is 0. The first-order chi connectivity index (χ1) is 8.78. The Morgan fingerprint density at radius 3 is 3.11 bits per heavy atom. The van der Waals surface area contributed by atoms with Crippen LogP contribution in [0.2, 0.25) is 0 Å². The van der Waals surface area contributed by atoms with Gasteiger partial charge in [0.2, 0.25) is 0 Å². The van der Waals surface area contributed by atoms with E-state index < -0.39 is 0 Å². The number of nitrogens with zero attached hydrogens (tertiary/aromatic N) is 1. The van der Waals surface area contributed by atoms with Crippen molar-refractivity contribution in [2.45, 2.75) is 32.4 Å². The minimum absolute atomic E-state index is 0.575. The van der Waals surface area contributed by atoms with Crippen LogP contribution in [0.5, 0.6) is 0 Å². The molecule has 1 N–H and O–H groups in total. The molecule has 2 atom stereocenters. The molecule has 18 heavy (non-hydrogen) atoms. The quantitative estimate of drug-likeness (QED) is 0.889. The normalized spacial score (nSPS) is 24.7. The van der Waals surface area contributed by atoms with Gasteiger partial charge in [-0.3, -0.25) is 0 Å². The van der Waals surface area contributed by atoms with Crippen LogP contribution in [0.1, 0.15) is 20.3 Å². The predicted molar refractivity (Wildman–Crippen MR) is 80.7 cm³/mol. The van der Waals surface area contributed by atoms with Gasteiger partial charge in [-0.1, -0.05) is 6.92 Å². The number of hydrogen-bond acceptors (Lipinski definition) is 3. The highest BCUT2D eigenvalue weighted by Gasteiger charge is 2.24. The zero-order chi connectivity index (χ0) is 12.5. The zero-order valence-corrected chi connectivity index (χ0v) is 11.8. The molecule has 3 rings (SSSR count). The van der Waals surface area contributed by atoms with E-state index in [1.807, 2.05) is 11.3 Å². The number of anilines is 1. The Kier molecular flexibility index (Phi) is 3.27. The largest absolute Gasteiger partial charge is 0.366 e. The lowest BCUT2D eigenvalue weighted by Crippen LogP contribution is -2.55. The van der Waals surface area contributed by atoms with Crippen LogP contribution in [0.3, 0.4) is 0 Å². The topological polar surface area (TPSA) is 15.3 Å². The van der Waals surface area contributed by atoms with E-state index in [0.717, 1.165) is 13.1 Å². The van der Waals surface area contributed by atoms with Crippen molar-refractivity contribution in [1.29, 1.82) is 0 Å². The molecule has 0 bridgehead atoms. The fourth-order valence-corrected chi connectivity index (χ4v) is 3.54. The maximum atomic E-state index is 3.58. The summed E-state index contributed by atoms with van der Waals surface area (Å²) in [5.41, 5.74) is 1.38. The maximum absolute atomic E-state index is 3.58. The van der Waals surface area contributed by atoms with Gasteiger partial charge in [-0.25, -0.2) is 0 Å². The van der Waals surface area contributed by atoms with Gasteiger partial charge in [0.1, 0.15) is 0 Å². The lowest BCUT2D eigenvalue weighted by molar-refractivity contribution is 0.402. The smallest absolute Gasteiger partial charge is 0.0412 e. The first-order valence-electron chi connectivity index (χ1n) is 6.75. The standard InChI is InChI=1S/C15H20N2S/c1-3-13-9-16-11(2)10-17(13)14-4-5-15-12(8-14)6-7-18-15/h4-8,11,13,16H,3,9-10H2,1-2H3. The second-order valence-electron chi connectivity index (χ2n) is 5.17. The molecular formula is C15H20N2S. The van der Waals surface area contributed by atoms with Gasteiger partial charge in [-0.2, -0.15) is 0 Å². The molecule has 2 aromatic rings. The maximum Gasteiger partial charge on any atom is 0.0412 e. The van der Waals surface area contributed by atoms with E-state index in [1.165, 1.54) is 22.2 Å². The molecule has 0 amide bonds. The van der Waals surface area contributed by atoms with E-state index in [0.29, 0.717) is 12.1 Å². The summed E-state index contributed by atoms with van der Waals surface area (Å²) in [4.78, 5) is 2.57. The summed E-state index contributed by atoms with van der Waals surface area (Å²) in [7, 11) is 0. The molecule has 0 saturated carbocycles. The first kappa shape index (κ1) is 12.0. The molecule has 96 valence electrons. The zero-order valence-electron chi connectivity index (χ0n) is 11.0. The summed E-state index contributed by atoms with van der Waals surface area (Å²) in [6.07, 6.45) is 1.20. The van der Waals surface area contributed by atoms with Crippen LogP contribution in [0.25, 0.3) is 10.1 Å². The minimum atomic E-state index is 0.575. The van der Waals surface area contributed by atoms with Crippen LogP contribution in [0, 0.1) is 0 Å². The molecule has 1 saturated heterocycles. The third-order valence-electron chi connectivity index (χ3n) is 3.85. The molecule has 1 aliphatic heterocycles. The van der Waals surface area contributed by atoms with Gasteiger partial charge in [0, 0.05) is 35.6 Å². The monoisotopic (exact) mass is 260 g/mol. The number of benzene rings is 1. The molecule has 0 radical (unpaired) electrons. The number of piperazine rings is 1. The Morgan fingerprint density at radius 1 is 1.39 bits per heavy atom. The number of fused-ring (bicyclic) bond motifs is 1. The van der Waals surface area contributed by atoms with Crippen molar-refractivity contribution in [2.24, 2.45) is 0 Å². The Labute approximate surface area is 113 Å². The van der Waals surface area contributed by atoms with E-state index in [-0.39, 0.29) is 0 Å². The second-order valence-corrected chi connectivity index (χ2v) is 6.11. The molecule has 2 nitrogen and oxygen atoms in total. The molecule has 1 aromatic heterocycles. The Hall–Kier alpha value is -1.06. The Balaban J connectivity index is 1.95. The van der Waals surface area contributed by atoms with Crippen LogP contribution in [-0.4, -0.2) is 25.2 Å². The van der Waals surface area contributed by atoms with Gasteiger partial charge >= 0.3 is 0 Å². The van der Waals surface area contributed by atoms with Gasteiger partial charge in [0.25, 0.3) is 0 Å². The number of rotatable bonds is 2. The number of nitrogens with one attached hydrogen (secondary N) is 1. The average molecular weight is 260 g/mol. The highest BCUT2D eigenvalue weighted by molar-refractivity contribution is 7.17. The minimum Gasteiger partial charge on any atom is -0.366 e. The summed E-state index contributed by atoms with van der Waals surface area (Å²) < 4.78 is 1.38. The van der Waals surface area contributed by atoms with Crippen LogP contribution in [0.15, 0.2) is 29.6 Å². The predicted octanol–water partition coefficient (Wildman–Crippen LogP) is 3.48. The highest BCUT2D eigenvalue weighted by atomic mass is 32.1. The van der Waals surface area contributed by atoms with Crippen molar-refractivity contribution >= 4 is 27.1 Å². The van der Waals surface area contributed by atoms with Crippen LogP contribution in [-0.2, 0) is 0 Å². The number of thiophene rings is 1. The van der Waals surface area contributed by atoms with Crippen LogP contribution >= 0.6 is 11.3 Å². The summed E-state index contributed by atoms with van der Waals surface area (Å²) in [6.45, 7) is 6.74. The van der Waals surface area contributed by atoms with Crippen molar-refractivity contribution in [3.63, 3.8) is 0 Å². The molecule has 0 spiro atoms. The molecule has 1 aromatic carbocycles. The lowest BCUT2D eigenvalue weighted by Gasteiger charge is -2.40. The summed E-state index contributed by atoms with van der Waals surface area (Å²) >= 11 is 1.82. The summed E-state index contributed by atoms with van der Waals surface area (Å²) in [6, 6.07) is 10.3. The van der Waals surface area contributed by atoms with E-state index in [1.54, 1.807) is 0 Å².